The van der Waals surface area contributed by atoms with Gasteiger partial charge in [-0.1, -0.05) is 36.4 Å². The summed E-state index contributed by atoms with van der Waals surface area (Å²) >= 11 is 0. The molecule has 0 aliphatic carbocycles. The first-order valence-corrected chi connectivity index (χ1v) is 9.28. The average molecular weight is 408 g/mol. The van der Waals surface area contributed by atoms with E-state index in [0.29, 0.717) is 11.1 Å². The number of halogens is 1. The zero-order chi connectivity index (χ0) is 22.1. The van der Waals surface area contributed by atoms with E-state index in [-0.39, 0.29) is 28.4 Å². The number of nitrogens with zero attached hydrogens (tertiary/aromatic N) is 2. The van der Waals surface area contributed by atoms with Gasteiger partial charge >= 0.3 is 5.97 Å². The summed E-state index contributed by atoms with van der Waals surface area (Å²) in [4.78, 5) is 33.5. The Hall–Kier alpha value is -3.61. The highest BCUT2D eigenvalue weighted by Gasteiger charge is 2.32. The molecule has 0 saturated heterocycles. The molecule has 0 fully saturated rings. The molecule has 0 spiro atoms. The molecule has 0 radical (unpaired) electrons. The second-order valence-electron chi connectivity index (χ2n) is 7.69. The summed E-state index contributed by atoms with van der Waals surface area (Å²) in [7, 11) is 0. The highest BCUT2D eigenvalue weighted by Crippen LogP contribution is 2.27. The molecule has 3 rings (SSSR count). The van der Waals surface area contributed by atoms with Crippen LogP contribution in [0, 0.1) is 5.82 Å². The summed E-state index contributed by atoms with van der Waals surface area (Å²) in [6.45, 7) is 6.47. The van der Waals surface area contributed by atoms with Crippen LogP contribution in [-0.4, -0.2) is 34.1 Å². The van der Waals surface area contributed by atoms with Gasteiger partial charge in [0.15, 0.2) is 5.84 Å². The van der Waals surface area contributed by atoms with Crippen LogP contribution < -0.4 is 0 Å². The van der Waals surface area contributed by atoms with Crippen molar-refractivity contribution in [3.8, 4) is 0 Å². The van der Waals surface area contributed by atoms with Crippen LogP contribution in [0.4, 0.5) is 4.39 Å². The number of allylic oxidation sites excluding steroid dienone is 1. The molecule has 1 aliphatic rings. The monoisotopic (exact) mass is 408 g/mol. The van der Waals surface area contributed by atoms with Crippen LogP contribution in [0.2, 0.25) is 0 Å². The fourth-order valence-electron chi connectivity index (χ4n) is 2.92. The predicted molar refractivity (Wildman–Crippen MR) is 111 cm³/mol. The van der Waals surface area contributed by atoms with Crippen molar-refractivity contribution in [2.75, 3.05) is 0 Å². The number of aliphatic imine (C=N–C) groups is 2. The lowest BCUT2D eigenvalue weighted by molar-refractivity contribution is -0.149. The van der Waals surface area contributed by atoms with E-state index in [4.69, 9.17) is 4.74 Å². The number of benzene rings is 2. The number of ether oxygens (including phenoxy) is 1. The predicted octanol–water partition coefficient (Wildman–Crippen LogP) is 4.39. The Kier molecular flexibility index (Phi) is 5.64. The molecule has 0 unspecified atom stereocenters. The molecule has 154 valence electrons. The third kappa shape index (κ3) is 4.35. The standard InChI is InChI=1S/C23H21FN2O4/c1-13(27)18(22(29)30-23(2,3)4)19-14-9-5-6-10-15(14)20(25-19)26-21(28)16-11-7-8-12-17(16)24/h5-12,27H,1-4H3/b18-13+,26-20?. The Balaban J connectivity index is 2.10. The van der Waals surface area contributed by atoms with Crippen LogP contribution in [0.3, 0.4) is 0 Å². The minimum atomic E-state index is -0.800. The molecule has 30 heavy (non-hydrogen) atoms. The van der Waals surface area contributed by atoms with Gasteiger partial charge in [-0.2, -0.15) is 4.99 Å². The van der Waals surface area contributed by atoms with E-state index in [1.165, 1.54) is 31.2 Å². The van der Waals surface area contributed by atoms with E-state index in [2.05, 4.69) is 9.98 Å². The van der Waals surface area contributed by atoms with Crippen LogP contribution >= 0.6 is 0 Å². The van der Waals surface area contributed by atoms with Gasteiger partial charge in [-0.3, -0.25) is 4.79 Å². The molecule has 1 heterocycles. The smallest absolute Gasteiger partial charge is 0.344 e. The molecule has 0 bridgehead atoms. The minimum Gasteiger partial charge on any atom is -0.512 e. The molecule has 0 aromatic heterocycles. The number of carbonyl (C=O) groups excluding carboxylic acids is 2. The lowest BCUT2D eigenvalue weighted by Gasteiger charge is -2.21. The van der Waals surface area contributed by atoms with E-state index in [1.54, 1.807) is 45.0 Å². The van der Waals surface area contributed by atoms with Crippen molar-refractivity contribution < 1.29 is 23.8 Å². The number of amides is 1. The third-order valence-electron chi connectivity index (χ3n) is 4.15. The van der Waals surface area contributed by atoms with E-state index in [9.17, 15) is 19.1 Å². The lowest BCUT2D eigenvalue weighted by atomic mass is 9.99. The van der Waals surface area contributed by atoms with Crippen molar-refractivity contribution in [1.29, 1.82) is 0 Å². The molecular formula is C23H21FN2O4. The van der Waals surface area contributed by atoms with Gasteiger partial charge in [0.25, 0.3) is 5.91 Å². The molecule has 7 heteroatoms. The van der Waals surface area contributed by atoms with Gasteiger partial charge in [-0.15, -0.1) is 0 Å². The summed E-state index contributed by atoms with van der Waals surface area (Å²) < 4.78 is 19.4. The topological polar surface area (TPSA) is 88.3 Å². The van der Waals surface area contributed by atoms with Gasteiger partial charge in [-0.05, 0) is 39.8 Å². The maximum atomic E-state index is 14.0. The van der Waals surface area contributed by atoms with E-state index in [0.717, 1.165) is 0 Å². The largest absolute Gasteiger partial charge is 0.512 e. The maximum absolute atomic E-state index is 14.0. The summed E-state index contributed by atoms with van der Waals surface area (Å²) in [5.74, 6) is -2.50. The van der Waals surface area contributed by atoms with Gasteiger partial charge in [0.1, 0.15) is 22.8 Å². The Morgan fingerprint density at radius 2 is 1.63 bits per heavy atom. The Morgan fingerprint density at radius 3 is 2.23 bits per heavy atom. The first-order valence-electron chi connectivity index (χ1n) is 9.28. The Bertz CT molecular complexity index is 1120. The molecule has 6 nitrogen and oxygen atoms in total. The molecular weight excluding hydrogens is 387 g/mol. The highest BCUT2D eigenvalue weighted by atomic mass is 19.1. The van der Waals surface area contributed by atoms with E-state index < -0.39 is 23.3 Å². The quantitative estimate of drug-likeness (QED) is 0.463. The van der Waals surface area contributed by atoms with Gasteiger partial charge < -0.3 is 9.84 Å². The number of fused-ring (bicyclic) bond motifs is 1. The number of esters is 1. The maximum Gasteiger partial charge on any atom is 0.344 e. The Labute approximate surface area is 173 Å². The fraction of sp³-hybridized carbons (Fsp3) is 0.217. The Morgan fingerprint density at radius 1 is 1.03 bits per heavy atom. The summed E-state index contributed by atoms with van der Waals surface area (Å²) in [5.41, 5.74) is 0.0355. The number of hydrogen-bond acceptors (Lipinski definition) is 4. The summed E-state index contributed by atoms with van der Waals surface area (Å²) in [6.07, 6.45) is 0. The van der Waals surface area contributed by atoms with Gasteiger partial charge in [0, 0.05) is 11.1 Å². The molecule has 0 saturated carbocycles. The van der Waals surface area contributed by atoms with Crippen LogP contribution in [0.1, 0.15) is 49.2 Å². The van der Waals surface area contributed by atoms with E-state index >= 15 is 0 Å². The first-order chi connectivity index (χ1) is 14.1. The molecule has 1 amide bonds. The molecule has 1 N–H and O–H groups in total. The van der Waals surface area contributed by atoms with Crippen molar-refractivity contribution in [2.24, 2.45) is 9.98 Å². The van der Waals surface area contributed by atoms with Gasteiger partial charge in [-0.25, -0.2) is 14.2 Å². The SMILES string of the molecule is C/C(O)=C(\C(=O)OC(C)(C)C)C1=NC(=NC(=O)c2ccccc2F)c2ccccc21. The first kappa shape index (κ1) is 21.1. The molecule has 0 atom stereocenters. The summed E-state index contributed by atoms with van der Waals surface area (Å²) in [6, 6.07) is 12.3. The van der Waals surface area contributed by atoms with Crippen molar-refractivity contribution in [2.45, 2.75) is 33.3 Å². The second kappa shape index (κ2) is 8.02. The van der Waals surface area contributed by atoms with Crippen molar-refractivity contribution >= 4 is 23.4 Å². The second-order valence-corrected chi connectivity index (χ2v) is 7.69. The number of aliphatic hydroxyl groups is 1. The lowest BCUT2D eigenvalue weighted by Crippen LogP contribution is -2.28. The van der Waals surface area contributed by atoms with Gasteiger partial charge in [0.2, 0.25) is 0 Å². The number of carbonyl (C=O) groups is 2. The van der Waals surface area contributed by atoms with Crippen LogP contribution in [-0.2, 0) is 9.53 Å². The highest BCUT2D eigenvalue weighted by molar-refractivity contribution is 6.36. The van der Waals surface area contributed by atoms with Crippen LogP contribution in [0.5, 0.6) is 0 Å². The number of amidine groups is 1. The number of hydrogen-bond donors (Lipinski definition) is 1. The number of aliphatic hydroxyl groups excluding tert-OH is 1. The van der Waals surface area contributed by atoms with Crippen LogP contribution in [0.25, 0.3) is 0 Å². The molecule has 1 aliphatic heterocycles. The minimum absolute atomic E-state index is 0.0242. The molecule has 2 aromatic carbocycles. The fourth-order valence-corrected chi connectivity index (χ4v) is 2.92. The van der Waals surface area contributed by atoms with Gasteiger partial charge in [0.05, 0.1) is 11.3 Å². The van der Waals surface area contributed by atoms with E-state index in [1.807, 2.05) is 0 Å². The van der Waals surface area contributed by atoms with Crippen molar-refractivity contribution in [1.82, 2.24) is 0 Å². The zero-order valence-corrected chi connectivity index (χ0v) is 17.1. The van der Waals surface area contributed by atoms with Crippen molar-refractivity contribution in [3.05, 3.63) is 82.4 Å². The number of rotatable bonds is 3. The average Bonchev–Trinajstić information content (AvgIpc) is 2.98. The zero-order valence-electron chi connectivity index (χ0n) is 17.1. The normalized spacial score (nSPS) is 15.4. The molecule has 2 aromatic rings. The summed E-state index contributed by atoms with van der Waals surface area (Å²) in [5, 5.41) is 10.2. The van der Waals surface area contributed by atoms with Crippen molar-refractivity contribution in [3.63, 3.8) is 0 Å². The van der Waals surface area contributed by atoms with Crippen LogP contribution in [0.15, 0.2) is 69.8 Å². The third-order valence-corrected chi connectivity index (χ3v) is 4.15.